The quantitative estimate of drug-likeness (QED) is 0.842. The molecular formula is C13H19NO2. The minimum Gasteiger partial charge on any atom is -0.496 e. The van der Waals surface area contributed by atoms with Crippen LogP contribution in [0, 0.1) is 0 Å². The van der Waals surface area contributed by atoms with E-state index in [1.807, 2.05) is 25.1 Å². The van der Waals surface area contributed by atoms with Crippen LogP contribution in [0.5, 0.6) is 5.75 Å². The van der Waals surface area contributed by atoms with Crippen LogP contribution in [0.2, 0.25) is 0 Å². The number of nitrogens with zero attached hydrogens (tertiary/aromatic N) is 1. The molecule has 0 saturated carbocycles. The maximum absolute atomic E-state index is 9.90. The minimum atomic E-state index is -0.526. The molecule has 1 saturated heterocycles. The van der Waals surface area contributed by atoms with Crippen molar-refractivity contribution in [2.45, 2.75) is 25.5 Å². The average molecular weight is 221 g/mol. The van der Waals surface area contributed by atoms with Gasteiger partial charge in [-0.05, 0) is 19.4 Å². The van der Waals surface area contributed by atoms with Crippen LogP contribution in [0.25, 0.3) is 0 Å². The zero-order valence-corrected chi connectivity index (χ0v) is 9.94. The highest BCUT2D eigenvalue weighted by molar-refractivity contribution is 5.33. The first-order valence-electron chi connectivity index (χ1n) is 5.67. The Kier molecular flexibility index (Phi) is 3.17. The monoisotopic (exact) mass is 221 g/mol. The van der Waals surface area contributed by atoms with Gasteiger partial charge in [-0.2, -0.15) is 0 Å². The molecule has 16 heavy (non-hydrogen) atoms. The summed E-state index contributed by atoms with van der Waals surface area (Å²) in [5.41, 5.74) is 0.657. The molecule has 1 aliphatic heterocycles. The van der Waals surface area contributed by atoms with Gasteiger partial charge in [-0.3, -0.25) is 4.90 Å². The van der Waals surface area contributed by atoms with Crippen molar-refractivity contribution in [2.75, 3.05) is 20.2 Å². The molecule has 0 aliphatic carbocycles. The van der Waals surface area contributed by atoms with Gasteiger partial charge in [-0.25, -0.2) is 0 Å². The van der Waals surface area contributed by atoms with Gasteiger partial charge in [0, 0.05) is 25.2 Å². The van der Waals surface area contributed by atoms with E-state index in [-0.39, 0.29) is 0 Å². The van der Waals surface area contributed by atoms with Gasteiger partial charge in [0.2, 0.25) is 0 Å². The summed E-state index contributed by atoms with van der Waals surface area (Å²) in [5, 5.41) is 9.90. The van der Waals surface area contributed by atoms with Crippen LogP contribution < -0.4 is 4.74 Å². The normalized spacial score (nSPS) is 25.9. The number of rotatable bonds is 3. The summed E-state index contributed by atoms with van der Waals surface area (Å²) in [5.74, 6) is 0.925. The molecule has 0 amide bonds. The number of para-hydroxylation sites is 1. The lowest BCUT2D eigenvalue weighted by molar-refractivity contribution is 0.0678. The highest BCUT2D eigenvalue weighted by atomic mass is 16.5. The number of methoxy groups -OCH3 is 1. The summed E-state index contributed by atoms with van der Waals surface area (Å²) >= 11 is 0. The lowest BCUT2D eigenvalue weighted by atomic mass is 10.1. The van der Waals surface area contributed by atoms with Crippen LogP contribution in [0.3, 0.4) is 0 Å². The maximum atomic E-state index is 9.90. The molecule has 88 valence electrons. The van der Waals surface area contributed by atoms with E-state index in [0.717, 1.165) is 31.8 Å². The third-order valence-electron chi connectivity index (χ3n) is 3.12. The molecular weight excluding hydrogens is 202 g/mol. The van der Waals surface area contributed by atoms with Crippen LogP contribution in [0.1, 0.15) is 18.9 Å². The summed E-state index contributed by atoms with van der Waals surface area (Å²) in [4.78, 5) is 2.26. The number of benzene rings is 1. The van der Waals surface area contributed by atoms with Crippen molar-refractivity contribution in [3.05, 3.63) is 29.8 Å². The molecule has 1 atom stereocenters. The fourth-order valence-corrected chi connectivity index (χ4v) is 2.25. The Bertz CT molecular complexity index is 363. The first-order valence-corrected chi connectivity index (χ1v) is 5.67. The van der Waals surface area contributed by atoms with Gasteiger partial charge in [0.05, 0.1) is 12.7 Å². The SMILES string of the molecule is COc1ccccc1CN1CCC(C)(O)C1. The molecule has 1 aliphatic rings. The third kappa shape index (κ3) is 2.54. The Hall–Kier alpha value is -1.06. The molecule has 1 heterocycles. The first kappa shape index (κ1) is 11.4. The van der Waals surface area contributed by atoms with E-state index >= 15 is 0 Å². The molecule has 1 unspecified atom stereocenters. The van der Waals surface area contributed by atoms with Gasteiger partial charge >= 0.3 is 0 Å². The second-order valence-corrected chi connectivity index (χ2v) is 4.77. The molecule has 1 aromatic rings. The Morgan fingerprint density at radius 1 is 1.44 bits per heavy atom. The van der Waals surface area contributed by atoms with Crippen molar-refractivity contribution in [3.8, 4) is 5.75 Å². The van der Waals surface area contributed by atoms with E-state index < -0.39 is 5.60 Å². The zero-order valence-electron chi connectivity index (χ0n) is 9.94. The molecule has 2 rings (SSSR count). The van der Waals surface area contributed by atoms with E-state index in [4.69, 9.17) is 4.74 Å². The summed E-state index contributed by atoms with van der Waals surface area (Å²) in [7, 11) is 1.69. The summed E-state index contributed by atoms with van der Waals surface area (Å²) in [6.45, 7) is 4.44. The van der Waals surface area contributed by atoms with Crippen LogP contribution in [0.15, 0.2) is 24.3 Å². The molecule has 3 nitrogen and oxygen atoms in total. The predicted molar refractivity (Wildman–Crippen MR) is 63.5 cm³/mol. The highest BCUT2D eigenvalue weighted by Crippen LogP contribution is 2.25. The van der Waals surface area contributed by atoms with Crippen LogP contribution in [-0.4, -0.2) is 35.8 Å². The number of aliphatic hydroxyl groups is 1. The summed E-state index contributed by atoms with van der Waals surface area (Å²) in [6, 6.07) is 8.05. The number of hydrogen-bond donors (Lipinski definition) is 1. The van der Waals surface area contributed by atoms with E-state index in [2.05, 4.69) is 11.0 Å². The van der Waals surface area contributed by atoms with E-state index in [1.54, 1.807) is 7.11 Å². The number of ether oxygens (including phenoxy) is 1. The number of likely N-dealkylation sites (tertiary alicyclic amines) is 1. The second kappa shape index (κ2) is 4.44. The first-order chi connectivity index (χ1) is 7.61. The van der Waals surface area contributed by atoms with E-state index in [9.17, 15) is 5.11 Å². The molecule has 3 heteroatoms. The van der Waals surface area contributed by atoms with Crippen LogP contribution in [-0.2, 0) is 6.54 Å². The van der Waals surface area contributed by atoms with Crippen molar-refractivity contribution in [3.63, 3.8) is 0 Å². The largest absolute Gasteiger partial charge is 0.496 e. The standard InChI is InChI=1S/C13H19NO2/c1-13(15)7-8-14(10-13)9-11-5-3-4-6-12(11)16-2/h3-6,15H,7-10H2,1-2H3. The van der Waals surface area contributed by atoms with Gasteiger partial charge in [-0.15, -0.1) is 0 Å². The van der Waals surface area contributed by atoms with Gasteiger partial charge < -0.3 is 9.84 Å². The van der Waals surface area contributed by atoms with Gasteiger partial charge in [0.15, 0.2) is 0 Å². The Morgan fingerprint density at radius 2 is 2.19 bits per heavy atom. The summed E-state index contributed by atoms with van der Waals surface area (Å²) < 4.78 is 5.32. The predicted octanol–water partition coefficient (Wildman–Crippen LogP) is 1.65. The van der Waals surface area contributed by atoms with Crippen molar-refractivity contribution in [1.29, 1.82) is 0 Å². The van der Waals surface area contributed by atoms with Gasteiger partial charge in [0.25, 0.3) is 0 Å². The van der Waals surface area contributed by atoms with Gasteiger partial charge in [-0.1, -0.05) is 18.2 Å². The third-order valence-corrected chi connectivity index (χ3v) is 3.12. The fourth-order valence-electron chi connectivity index (χ4n) is 2.25. The van der Waals surface area contributed by atoms with Gasteiger partial charge in [0.1, 0.15) is 5.75 Å². The lowest BCUT2D eigenvalue weighted by Crippen LogP contribution is -2.29. The summed E-state index contributed by atoms with van der Waals surface area (Å²) in [6.07, 6.45) is 0.849. The van der Waals surface area contributed by atoms with Crippen molar-refractivity contribution in [1.82, 2.24) is 4.90 Å². The molecule has 0 radical (unpaired) electrons. The van der Waals surface area contributed by atoms with Crippen molar-refractivity contribution in [2.24, 2.45) is 0 Å². The minimum absolute atomic E-state index is 0.526. The molecule has 0 aromatic heterocycles. The van der Waals surface area contributed by atoms with Crippen molar-refractivity contribution < 1.29 is 9.84 Å². The Morgan fingerprint density at radius 3 is 2.81 bits per heavy atom. The highest BCUT2D eigenvalue weighted by Gasteiger charge is 2.31. The molecule has 0 spiro atoms. The maximum Gasteiger partial charge on any atom is 0.123 e. The van der Waals surface area contributed by atoms with Crippen LogP contribution in [0.4, 0.5) is 0 Å². The average Bonchev–Trinajstić information content (AvgIpc) is 2.59. The Labute approximate surface area is 96.6 Å². The number of hydrogen-bond acceptors (Lipinski definition) is 3. The van der Waals surface area contributed by atoms with Crippen LogP contribution >= 0.6 is 0 Å². The zero-order chi connectivity index (χ0) is 11.6. The number of β-amino-alcohol motifs (C(OH)–C–C–N with tert-alkyl or cyclic N) is 1. The molecule has 1 fully saturated rings. The Balaban J connectivity index is 2.04. The fraction of sp³-hybridized carbons (Fsp3) is 0.538. The molecule has 1 aromatic carbocycles. The van der Waals surface area contributed by atoms with E-state index in [0.29, 0.717) is 0 Å². The molecule has 0 bridgehead atoms. The lowest BCUT2D eigenvalue weighted by Gasteiger charge is -2.19. The van der Waals surface area contributed by atoms with E-state index in [1.165, 1.54) is 5.56 Å². The molecule has 1 N–H and O–H groups in total. The van der Waals surface area contributed by atoms with Crippen molar-refractivity contribution >= 4 is 0 Å². The smallest absolute Gasteiger partial charge is 0.123 e. The second-order valence-electron chi connectivity index (χ2n) is 4.77. The topological polar surface area (TPSA) is 32.7 Å².